The second-order valence-corrected chi connectivity index (χ2v) is 8.17. The summed E-state index contributed by atoms with van der Waals surface area (Å²) in [6.45, 7) is -0.136. The maximum atomic E-state index is 12.4. The number of nitro benzene ring substituents is 2. The highest BCUT2D eigenvalue weighted by Gasteiger charge is 2.23. The average molecular weight is 545 g/mol. The van der Waals surface area contributed by atoms with Crippen molar-refractivity contribution < 1.29 is 24.8 Å². The molecule has 0 bridgehead atoms. The van der Waals surface area contributed by atoms with Gasteiger partial charge in [-0.1, -0.05) is 11.1 Å². The molecular weight excluding hydrogens is 526 g/mol. The number of aromatic carboxylic acids is 1. The summed E-state index contributed by atoms with van der Waals surface area (Å²) in [5.41, 5.74) is 0.0690. The lowest BCUT2D eigenvalue weighted by molar-refractivity contribution is -0.494. The highest BCUT2D eigenvalue weighted by atomic mass is 16.7. The van der Waals surface area contributed by atoms with Crippen LogP contribution in [0.3, 0.4) is 0 Å². The molecule has 0 saturated carbocycles. The van der Waals surface area contributed by atoms with Crippen LogP contribution in [0.15, 0.2) is 79.0 Å². The minimum atomic E-state index is -1.35. The summed E-state index contributed by atoms with van der Waals surface area (Å²) in [5, 5.41) is 47.1. The second-order valence-electron chi connectivity index (χ2n) is 8.17. The molecule has 0 unspecified atom stereocenters. The van der Waals surface area contributed by atoms with Crippen LogP contribution in [0, 0.1) is 30.3 Å². The smallest absolute Gasteiger partial charge is 0.338 e. The summed E-state index contributed by atoms with van der Waals surface area (Å²) in [6.07, 6.45) is 1.42. The number of nitro groups is 3. The van der Waals surface area contributed by atoms with Crippen LogP contribution < -0.4 is 10.3 Å². The van der Waals surface area contributed by atoms with E-state index in [1.807, 2.05) is 0 Å². The normalized spacial score (nSPS) is 10.5. The van der Waals surface area contributed by atoms with Gasteiger partial charge in [-0.05, 0) is 48.0 Å². The van der Waals surface area contributed by atoms with E-state index in [-0.39, 0.29) is 58.5 Å². The van der Waals surface area contributed by atoms with E-state index in [1.165, 1.54) is 66.9 Å². The van der Waals surface area contributed by atoms with Gasteiger partial charge in [-0.25, -0.2) is 24.9 Å². The Morgan fingerprint density at radius 1 is 0.875 bits per heavy atom. The zero-order valence-corrected chi connectivity index (χ0v) is 20.4. The standard InChI is InChI=1S/C25H19N7O8/c33-25(34)23-20(16-4-8-18(9-5-16)30(35)36)15-21(28-24(23)17-6-10-19(11-7-17)31(37)38)26-13-14-29(32(39)40)22-3-1-2-12-27-22/h1-12,15H,13-14H2,(H,26,28)(H,33,34). The molecule has 4 aromatic rings. The van der Waals surface area contributed by atoms with E-state index in [1.54, 1.807) is 12.1 Å². The monoisotopic (exact) mass is 545 g/mol. The van der Waals surface area contributed by atoms with Crippen molar-refractivity contribution in [1.82, 2.24) is 9.97 Å². The molecule has 0 amide bonds. The number of aromatic nitrogens is 2. The molecule has 2 heterocycles. The van der Waals surface area contributed by atoms with Crippen LogP contribution in [-0.4, -0.2) is 49.0 Å². The van der Waals surface area contributed by atoms with Gasteiger partial charge in [0, 0.05) is 48.1 Å². The first-order valence-corrected chi connectivity index (χ1v) is 11.5. The zero-order valence-electron chi connectivity index (χ0n) is 20.4. The van der Waals surface area contributed by atoms with Gasteiger partial charge < -0.3 is 10.4 Å². The second kappa shape index (κ2) is 11.6. The Balaban J connectivity index is 1.76. The van der Waals surface area contributed by atoms with E-state index in [0.29, 0.717) is 5.56 Å². The summed E-state index contributed by atoms with van der Waals surface area (Å²) in [5.74, 6) is -1.09. The summed E-state index contributed by atoms with van der Waals surface area (Å²) in [6, 6.07) is 16.4. The molecule has 15 heteroatoms. The third kappa shape index (κ3) is 5.94. The summed E-state index contributed by atoms with van der Waals surface area (Å²) in [7, 11) is 0. The van der Waals surface area contributed by atoms with Crippen LogP contribution in [-0.2, 0) is 0 Å². The molecule has 15 nitrogen and oxygen atoms in total. The number of hydrogen-bond acceptors (Lipinski definition) is 10. The molecule has 0 fully saturated rings. The highest BCUT2D eigenvalue weighted by molar-refractivity contribution is 6.02. The third-order valence-electron chi connectivity index (χ3n) is 5.71. The first kappa shape index (κ1) is 27.1. The first-order valence-electron chi connectivity index (χ1n) is 11.5. The van der Waals surface area contributed by atoms with E-state index in [0.717, 1.165) is 5.01 Å². The number of carbonyl (C=O) groups is 1. The molecule has 0 aliphatic rings. The van der Waals surface area contributed by atoms with Crippen molar-refractivity contribution in [2.24, 2.45) is 0 Å². The Kier molecular flexibility index (Phi) is 7.84. The van der Waals surface area contributed by atoms with Gasteiger partial charge in [0.2, 0.25) is 0 Å². The number of anilines is 2. The Labute approximate surface area is 224 Å². The molecule has 2 aromatic heterocycles. The lowest BCUT2D eigenvalue weighted by Crippen LogP contribution is -2.35. The van der Waals surface area contributed by atoms with Gasteiger partial charge in [-0.15, -0.1) is 0 Å². The van der Waals surface area contributed by atoms with E-state index >= 15 is 0 Å². The lowest BCUT2D eigenvalue weighted by atomic mass is 9.95. The number of hydrazine groups is 1. The SMILES string of the molecule is O=C(O)c1c(-c2ccc([N+](=O)[O-])cc2)cc(NCCN(c2ccccn2)[N+](=O)[O-])nc1-c1ccc([N+](=O)[O-])cc1. The number of benzene rings is 2. The minimum absolute atomic E-state index is 0.00360. The Bertz CT molecular complexity index is 1500. The molecule has 4 rings (SSSR count). The molecule has 0 saturated heterocycles. The van der Waals surface area contributed by atoms with Crippen molar-refractivity contribution in [2.75, 3.05) is 23.4 Å². The molecule has 0 aliphatic heterocycles. The van der Waals surface area contributed by atoms with E-state index in [4.69, 9.17) is 0 Å². The molecule has 0 aliphatic carbocycles. The topological polar surface area (TPSA) is 208 Å². The van der Waals surface area contributed by atoms with Crippen LogP contribution >= 0.6 is 0 Å². The fourth-order valence-corrected chi connectivity index (χ4v) is 3.87. The van der Waals surface area contributed by atoms with Crippen LogP contribution in [0.4, 0.5) is 23.0 Å². The van der Waals surface area contributed by atoms with E-state index in [2.05, 4.69) is 15.3 Å². The molecule has 0 spiro atoms. The van der Waals surface area contributed by atoms with Crippen molar-refractivity contribution in [1.29, 1.82) is 0 Å². The first-order chi connectivity index (χ1) is 19.2. The number of hydrogen-bond donors (Lipinski definition) is 2. The predicted molar refractivity (Wildman–Crippen MR) is 142 cm³/mol. The summed E-state index contributed by atoms with van der Waals surface area (Å²) in [4.78, 5) is 53.4. The van der Waals surface area contributed by atoms with Gasteiger partial charge in [-0.3, -0.25) is 20.2 Å². The Hall–Kier alpha value is -5.99. The van der Waals surface area contributed by atoms with Gasteiger partial charge in [0.1, 0.15) is 12.4 Å². The molecule has 2 aromatic carbocycles. The quantitative estimate of drug-likeness (QED) is 0.198. The van der Waals surface area contributed by atoms with Gasteiger partial charge in [-0.2, -0.15) is 0 Å². The van der Waals surface area contributed by atoms with Crippen molar-refractivity contribution in [2.45, 2.75) is 0 Å². The predicted octanol–water partition coefficient (Wildman–Crippen LogP) is 4.44. The Morgan fingerprint density at radius 3 is 1.98 bits per heavy atom. The number of nitrogens with zero attached hydrogens (tertiary/aromatic N) is 6. The van der Waals surface area contributed by atoms with Gasteiger partial charge in [0.15, 0.2) is 10.9 Å². The molecule has 0 atom stereocenters. The highest BCUT2D eigenvalue weighted by Crippen LogP contribution is 2.35. The third-order valence-corrected chi connectivity index (χ3v) is 5.71. The molecule has 202 valence electrons. The van der Waals surface area contributed by atoms with Gasteiger partial charge in [0.05, 0.1) is 21.1 Å². The van der Waals surface area contributed by atoms with Crippen LogP contribution in [0.5, 0.6) is 0 Å². The van der Waals surface area contributed by atoms with E-state index < -0.39 is 20.8 Å². The van der Waals surface area contributed by atoms with Gasteiger partial charge >= 0.3 is 5.97 Å². The van der Waals surface area contributed by atoms with Crippen molar-refractivity contribution in [3.63, 3.8) is 0 Å². The van der Waals surface area contributed by atoms with Crippen LogP contribution in [0.1, 0.15) is 10.4 Å². The minimum Gasteiger partial charge on any atom is -0.478 e. The maximum Gasteiger partial charge on any atom is 0.338 e. The number of pyridine rings is 2. The fraction of sp³-hybridized carbons (Fsp3) is 0.0800. The zero-order chi connectivity index (χ0) is 28.8. The van der Waals surface area contributed by atoms with Gasteiger partial charge in [0.25, 0.3) is 11.4 Å². The molecular formula is C25H19N7O8. The summed E-state index contributed by atoms with van der Waals surface area (Å²) < 4.78 is 0. The molecule has 40 heavy (non-hydrogen) atoms. The Morgan fingerprint density at radius 2 is 1.48 bits per heavy atom. The fourth-order valence-electron chi connectivity index (χ4n) is 3.87. The lowest BCUT2D eigenvalue weighted by Gasteiger charge is -2.17. The maximum absolute atomic E-state index is 12.4. The number of non-ortho nitro benzene ring substituents is 2. The van der Waals surface area contributed by atoms with Crippen molar-refractivity contribution in [3.05, 3.63) is 115 Å². The summed E-state index contributed by atoms with van der Waals surface area (Å²) >= 11 is 0. The average Bonchev–Trinajstić information content (AvgIpc) is 2.95. The van der Waals surface area contributed by atoms with Crippen LogP contribution in [0.25, 0.3) is 22.4 Å². The number of carboxylic acids is 1. The van der Waals surface area contributed by atoms with Crippen molar-refractivity contribution >= 4 is 29.0 Å². The number of nitrogens with one attached hydrogen (secondary N) is 1. The molecule has 2 N–H and O–H groups in total. The number of carboxylic acid groups (broad SMARTS) is 1. The van der Waals surface area contributed by atoms with E-state index in [9.17, 15) is 40.2 Å². The number of rotatable bonds is 11. The van der Waals surface area contributed by atoms with Crippen molar-refractivity contribution in [3.8, 4) is 22.4 Å². The molecule has 0 radical (unpaired) electrons. The largest absolute Gasteiger partial charge is 0.478 e. The van der Waals surface area contributed by atoms with Crippen LogP contribution in [0.2, 0.25) is 0 Å².